The third-order valence-electron chi connectivity index (χ3n) is 2.63. The number of nitrogens with one attached hydrogen (secondary N) is 1. The van der Waals surface area contributed by atoms with Crippen molar-refractivity contribution in [2.24, 2.45) is 0 Å². The zero-order valence-electron chi connectivity index (χ0n) is 11.0. The Kier molecular flexibility index (Phi) is 5.72. The number of amides is 1. The zero-order valence-corrected chi connectivity index (χ0v) is 12.6. The highest BCUT2D eigenvalue weighted by atomic mass is 79.9. The van der Waals surface area contributed by atoms with Gasteiger partial charge < -0.3 is 10.1 Å². The molecule has 2 unspecified atom stereocenters. The number of hydrogen-bond acceptors (Lipinski definition) is 2. The number of halogens is 3. The molecule has 0 aliphatic carbocycles. The average molecular weight is 336 g/mol. The van der Waals surface area contributed by atoms with Crippen LogP contribution in [0.1, 0.15) is 27.2 Å². The standard InChI is InChI=1S/C13H16BrF2NO2/c1-4-7(2)17-13(18)8(3)19-11-6-9(14)5-10(15)12(11)16/h5-8H,4H2,1-3H3,(H,17,18). The molecule has 0 aliphatic heterocycles. The van der Waals surface area contributed by atoms with E-state index in [0.29, 0.717) is 4.47 Å². The number of benzene rings is 1. The van der Waals surface area contributed by atoms with Crippen LogP contribution in [-0.4, -0.2) is 18.1 Å². The lowest BCUT2D eigenvalue weighted by Crippen LogP contribution is -2.41. The molecule has 2 atom stereocenters. The molecule has 0 aromatic heterocycles. The van der Waals surface area contributed by atoms with Crippen molar-refractivity contribution in [3.05, 3.63) is 28.2 Å². The Morgan fingerprint density at radius 1 is 1.42 bits per heavy atom. The highest BCUT2D eigenvalue weighted by Crippen LogP contribution is 2.26. The summed E-state index contributed by atoms with van der Waals surface area (Å²) < 4.78 is 32.2. The fourth-order valence-corrected chi connectivity index (χ4v) is 1.73. The molecule has 1 N–H and O–H groups in total. The molecule has 1 aromatic rings. The van der Waals surface area contributed by atoms with Crippen molar-refractivity contribution in [2.75, 3.05) is 0 Å². The van der Waals surface area contributed by atoms with Gasteiger partial charge in [0.15, 0.2) is 17.7 Å². The number of hydrogen-bond donors (Lipinski definition) is 1. The maximum absolute atomic E-state index is 13.5. The molecule has 0 radical (unpaired) electrons. The molecule has 3 nitrogen and oxygen atoms in total. The van der Waals surface area contributed by atoms with Crippen LogP contribution in [0.4, 0.5) is 8.78 Å². The largest absolute Gasteiger partial charge is 0.478 e. The van der Waals surface area contributed by atoms with Gasteiger partial charge in [0, 0.05) is 10.5 Å². The Morgan fingerprint density at radius 3 is 2.63 bits per heavy atom. The van der Waals surface area contributed by atoms with E-state index in [1.165, 1.54) is 13.0 Å². The SMILES string of the molecule is CCC(C)NC(=O)C(C)Oc1cc(Br)cc(F)c1F. The minimum absolute atomic E-state index is 0.00245. The van der Waals surface area contributed by atoms with E-state index in [1.807, 2.05) is 13.8 Å². The Morgan fingerprint density at radius 2 is 2.05 bits per heavy atom. The van der Waals surface area contributed by atoms with Crippen molar-refractivity contribution in [1.29, 1.82) is 0 Å². The van der Waals surface area contributed by atoms with Gasteiger partial charge in [0.25, 0.3) is 5.91 Å². The molecule has 0 bridgehead atoms. The quantitative estimate of drug-likeness (QED) is 0.837. The Hall–Kier alpha value is -1.17. The third-order valence-corrected chi connectivity index (χ3v) is 3.09. The maximum atomic E-state index is 13.5. The summed E-state index contributed by atoms with van der Waals surface area (Å²) in [4.78, 5) is 11.7. The van der Waals surface area contributed by atoms with E-state index >= 15 is 0 Å². The number of rotatable bonds is 5. The molecule has 0 spiro atoms. The van der Waals surface area contributed by atoms with Crippen molar-refractivity contribution < 1.29 is 18.3 Å². The topological polar surface area (TPSA) is 38.3 Å². The van der Waals surface area contributed by atoms with E-state index in [4.69, 9.17) is 4.74 Å². The molecule has 1 amide bonds. The van der Waals surface area contributed by atoms with Crippen LogP contribution in [0.25, 0.3) is 0 Å². The number of carbonyl (C=O) groups is 1. The van der Waals surface area contributed by atoms with Crippen molar-refractivity contribution in [3.8, 4) is 5.75 Å². The molecule has 19 heavy (non-hydrogen) atoms. The Bertz CT molecular complexity index is 468. The molecular weight excluding hydrogens is 320 g/mol. The molecule has 0 saturated carbocycles. The first kappa shape index (κ1) is 15.9. The maximum Gasteiger partial charge on any atom is 0.260 e. The summed E-state index contributed by atoms with van der Waals surface area (Å²) in [5, 5.41) is 2.71. The van der Waals surface area contributed by atoms with E-state index in [0.717, 1.165) is 12.5 Å². The lowest BCUT2D eigenvalue weighted by atomic mass is 10.2. The van der Waals surface area contributed by atoms with Gasteiger partial charge in [-0.3, -0.25) is 4.79 Å². The molecule has 0 heterocycles. The molecule has 0 aliphatic rings. The smallest absolute Gasteiger partial charge is 0.260 e. The molecule has 0 saturated heterocycles. The summed E-state index contributed by atoms with van der Waals surface area (Å²) in [6.45, 7) is 5.26. The van der Waals surface area contributed by atoms with Gasteiger partial charge in [0.05, 0.1) is 0 Å². The van der Waals surface area contributed by atoms with Gasteiger partial charge in [0.1, 0.15) is 0 Å². The van der Waals surface area contributed by atoms with Gasteiger partial charge in [0.2, 0.25) is 5.82 Å². The monoisotopic (exact) mass is 335 g/mol. The fourth-order valence-electron chi connectivity index (χ4n) is 1.32. The highest BCUT2D eigenvalue weighted by Gasteiger charge is 2.19. The van der Waals surface area contributed by atoms with Crippen LogP contribution in [0.2, 0.25) is 0 Å². The van der Waals surface area contributed by atoms with Gasteiger partial charge in [-0.05, 0) is 32.4 Å². The predicted octanol–water partition coefficient (Wildman–Crippen LogP) is 3.41. The van der Waals surface area contributed by atoms with Gasteiger partial charge in [-0.2, -0.15) is 4.39 Å². The summed E-state index contributed by atoms with van der Waals surface area (Å²) in [5.41, 5.74) is 0. The minimum Gasteiger partial charge on any atom is -0.478 e. The van der Waals surface area contributed by atoms with Gasteiger partial charge >= 0.3 is 0 Å². The highest BCUT2D eigenvalue weighted by molar-refractivity contribution is 9.10. The second-order valence-electron chi connectivity index (χ2n) is 4.28. The summed E-state index contributed by atoms with van der Waals surface area (Å²) >= 11 is 3.04. The van der Waals surface area contributed by atoms with Crippen LogP contribution in [0.3, 0.4) is 0 Å². The van der Waals surface area contributed by atoms with E-state index < -0.39 is 17.7 Å². The second-order valence-corrected chi connectivity index (χ2v) is 5.19. The predicted molar refractivity (Wildman–Crippen MR) is 72.0 cm³/mol. The van der Waals surface area contributed by atoms with E-state index in [1.54, 1.807) is 0 Å². The van der Waals surface area contributed by atoms with Crippen LogP contribution in [0, 0.1) is 11.6 Å². The normalized spacial score (nSPS) is 13.8. The minimum atomic E-state index is -1.11. The van der Waals surface area contributed by atoms with Crippen LogP contribution in [0.5, 0.6) is 5.75 Å². The summed E-state index contributed by atoms with van der Waals surface area (Å²) in [6.07, 6.45) is -0.129. The van der Waals surface area contributed by atoms with Crippen LogP contribution >= 0.6 is 15.9 Å². The summed E-state index contributed by atoms with van der Waals surface area (Å²) in [6, 6.07) is 2.28. The molecule has 0 fully saturated rings. The molecule has 6 heteroatoms. The van der Waals surface area contributed by atoms with E-state index in [9.17, 15) is 13.6 Å². The van der Waals surface area contributed by atoms with Crippen LogP contribution < -0.4 is 10.1 Å². The van der Waals surface area contributed by atoms with Crippen molar-refractivity contribution in [3.63, 3.8) is 0 Å². The summed E-state index contributed by atoms with van der Waals surface area (Å²) in [5.74, 6) is -2.79. The molecule has 106 valence electrons. The zero-order chi connectivity index (χ0) is 14.6. The van der Waals surface area contributed by atoms with Crippen LogP contribution in [-0.2, 0) is 4.79 Å². The van der Waals surface area contributed by atoms with Crippen molar-refractivity contribution in [2.45, 2.75) is 39.3 Å². The van der Waals surface area contributed by atoms with Gasteiger partial charge in [-0.15, -0.1) is 0 Å². The summed E-state index contributed by atoms with van der Waals surface area (Å²) in [7, 11) is 0. The molecule has 1 aromatic carbocycles. The Balaban J connectivity index is 2.77. The van der Waals surface area contributed by atoms with Crippen molar-refractivity contribution in [1.82, 2.24) is 5.32 Å². The second kappa shape index (κ2) is 6.84. The lowest BCUT2D eigenvalue weighted by Gasteiger charge is -2.18. The average Bonchev–Trinajstić information content (AvgIpc) is 2.34. The number of carbonyl (C=O) groups excluding carboxylic acids is 1. The van der Waals surface area contributed by atoms with Gasteiger partial charge in [-0.1, -0.05) is 22.9 Å². The fraction of sp³-hybridized carbons (Fsp3) is 0.462. The van der Waals surface area contributed by atoms with Crippen LogP contribution in [0.15, 0.2) is 16.6 Å². The molecule has 1 rings (SSSR count). The van der Waals surface area contributed by atoms with Gasteiger partial charge in [-0.25, -0.2) is 4.39 Å². The first-order chi connectivity index (χ1) is 8.85. The first-order valence-corrected chi connectivity index (χ1v) is 6.76. The van der Waals surface area contributed by atoms with E-state index in [-0.39, 0.29) is 17.7 Å². The Labute approximate surface area is 119 Å². The lowest BCUT2D eigenvalue weighted by molar-refractivity contribution is -0.128. The molecular formula is C13H16BrF2NO2. The third kappa shape index (κ3) is 4.45. The van der Waals surface area contributed by atoms with E-state index in [2.05, 4.69) is 21.2 Å². The first-order valence-electron chi connectivity index (χ1n) is 5.96. The number of ether oxygens (including phenoxy) is 1. The van der Waals surface area contributed by atoms with Crippen molar-refractivity contribution >= 4 is 21.8 Å².